The van der Waals surface area contributed by atoms with E-state index in [1.807, 2.05) is 0 Å². The number of hydrogen-bond acceptors (Lipinski definition) is 9. The molecule has 1 aliphatic heterocycles. The first-order valence-electron chi connectivity index (χ1n) is 18.3. The third-order valence-corrected chi connectivity index (χ3v) is 9.12. The quantitative estimate of drug-likeness (QED) is 0.0572. The van der Waals surface area contributed by atoms with Crippen molar-refractivity contribution in [2.75, 3.05) is 13.2 Å². The Kier molecular flexibility index (Phi) is 25.4. The van der Waals surface area contributed by atoms with Crippen LogP contribution in [0.1, 0.15) is 155 Å². The molecule has 10 heteroatoms. The minimum Gasteiger partial charge on any atom is -0.394 e. The molecule has 0 aromatic rings. The van der Waals surface area contributed by atoms with Gasteiger partial charge in [0.25, 0.3) is 0 Å². The van der Waals surface area contributed by atoms with Gasteiger partial charge in [0.15, 0.2) is 6.29 Å². The molecule has 45 heavy (non-hydrogen) atoms. The lowest BCUT2D eigenvalue weighted by atomic mass is 9.99. The first-order valence-corrected chi connectivity index (χ1v) is 18.3. The van der Waals surface area contributed by atoms with Crippen LogP contribution in [0.4, 0.5) is 0 Å². The van der Waals surface area contributed by atoms with Crippen LogP contribution in [-0.2, 0) is 14.3 Å². The molecule has 0 radical (unpaired) electrons. The highest BCUT2D eigenvalue weighted by Gasteiger charge is 2.44. The Labute approximate surface area is 273 Å². The number of carbonyl (C=O) groups excluding carboxylic acids is 1. The van der Waals surface area contributed by atoms with Crippen LogP contribution in [0.3, 0.4) is 0 Å². The zero-order valence-electron chi connectivity index (χ0n) is 28.5. The molecule has 0 aromatic carbocycles. The number of hydrogen-bond donors (Lipinski definition) is 7. The van der Waals surface area contributed by atoms with E-state index in [1.54, 1.807) is 6.92 Å². The molecule has 8 atom stereocenters. The maximum absolute atomic E-state index is 12.6. The van der Waals surface area contributed by atoms with E-state index in [4.69, 9.17) is 9.47 Å². The van der Waals surface area contributed by atoms with Crippen molar-refractivity contribution in [1.82, 2.24) is 5.32 Å². The van der Waals surface area contributed by atoms with Gasteiger partial charge >= 0.3 is 0 Å². The van der Waals surface area contributed by atoms with Crippen molar-refractivity contribution in [3.05, 3.63) is 0 Å². The largest absolute Gasteiger partial charge is 0.394 e. The Bertz CT molecular complexity index is 698. The molecule has 1 aliphatic rings. The van der Waals surface area contributed by atoms with Gasteiger partial charge in [0, 0.05) is 6.42 Å². The van der Waals surface area contributed by atoms with E-state index in [0.29, 0.717) is 0 Å². The van der Waals surface area contributed by atoms with Crippen LogP contribution < -0.4 is 5.32 Å². The van der Waals surface area contributed by atoms with Crippen LogP contribution >= 0.6 is 0 Å². The number of nitrogens with one attached hydrogen (secondary N) is 1. The maximum atomic E-state index is 12.6. The fourth-order valence-electron chi connectivity index (χ4n) is 5.96. The Morgan fingerprint density at radius 1 is 0.689 bits per heavy atom. The summed E-state index contributed by atoms with van der Waals surface area (Å²) in [6.07, 6.45) is 16.6. The van der Waals surface area contributed by atoms with Crippen molar-refractivity contribution >= 4 is 5.91 Å². The standard InChI is InChI=1S/C35H69NO9/c1-3-5-6-7-8-9-10-11-12-13-14-15-16-17-18-19-20-21-22-23-24-30(39)36-27(31(40)28(38)4-2)26-44-35-34(43)33(42)32(41)29(25-37)45-35/h27-29,31-35,37-38,40-43H,3-26H2,1-2H3,(H,36,39)/t27-,28+,29?,31-,32?,33?,34?,35?/m0/s1. The molecule has 1 rings (SSSR count). The molecule has 1 amide bonds. The Morgan fingerprint density at radius 3 is 1.56 bits per heavy atom. The number of carbonyl (C=O) groups is 1. The van der Waals surface area contributed by atoms with Crippen molar-refractivity contribution in [3.8, 4) is 0 Å². The molecule has 1 heterocycles. The fraction of sp³-hybridized carbons (Fsp3) is 0.971. The fourth-order valence-corrected chi connectivity index (χ4v) is 5.96. The van der Waals surface area contributed by atoms with Gasteiger partial charge in [-0.15, -0.1) is 0 Å². The first kappa shape index (κ1) is 42.2. The Balaban J connectivity index is 2.13. The van der Waals surface area contributed by atoms with Crippen molar-refractivity contribution in [2.24, 2.45) is 0 Å². The molecular formula is C35H69NO9. The second-order valence-electron chi connectivity index (χ2n) is 13.1. The predicted molar refractivity (Wildman–Crippen MR) is 177 cm³/mol. The minimum atomic E-state index is -1.60. The second-order valence-corrected chi connectivity index (χ2v) is 13.1. The summed E-state index contributed by atoms with van der Waals surface area (Å²) >= 11 is 0. The van der Waals surface area contributed by atoms with Crippen molar-refractivity contribution < 1.29 is 44.9 Å². The smallest absolute Gasteiger partial charge is 0.220 e. The van der Waals surface area contributed by atoms with Crippen LogP contribution in [-0.4, -0.2) is 98.7 Å². The molecule has 7 N–H and O–H groups in total. The van der Waals surface area contributed by atoms with E-state index in [0.717, 1.165) is 25.7 Å². The highest BCUT2D eigenvalue weighted by molar-refractivity contribution is 5.76. The molecule has 10 nitrogen and oxygen atoms in total. The number of rotatable bonds is 29. The predicted octanol–water partition coefficient (Wildman–Crippen LogP) is 4.63. The zero-order valence-corrected chi connectivity index (χ0v) is 28.5. The average Bonchev–Trinajstić information content (AvgIpc) is 3.04. The van der Waals surface area contributed by atoms with Crippen molar-refractivity contribution in [2.45, 2.75) is 204 Å². The summed E-state index contributed by atoms with van der Waals surface area (Å²) in [7, 11) is 0. The van der Waals surface area contributed by atoms with E-state index >= 15 is 0 Å². The SMILES string of the molecule is CCCCCCCCCCCCCCCCCCCCCCC(=O)N[C@@H](COC1OC(CO)C(O)C(O)C1O)[C@H](O)[C@H](O)CC. The molecule has 0 bridgehead atoms. The summed E-state index contributed by atoms with van der Waals surface area (Å²) in [5, 5.41) is 62.9. The zero-order chi connectivity index (χ0) is 33.3. The Morgan fingerprint density at radius 2 is 1.13 bits per heavy atom. The highest BCUT2D eigenvalue weighted by Crippen LogP contribution is 2.22. The number of ether oxygens (including phenoxy) is 2. The summed E-state index contributed by atoms with van der Waals surface area (Å²) in [6.45, 7) is 3.06. The number of aliphatic hydroxyl groups is 6. The molecule has 5 unspecified atom stereocenters. The van der Waals surface area contributed by atoms with E-state index in [9.17, 15) is 35.4 Å². The van der Waals surface area contributed by atoms with Gasteiger partial charge in [-0.2, -0.15) is 0 Å². The van der Waals surface area contributed by atoms with E-state index in [1.165, 1.54) is 103 Å². The molecule has 0 saturated carbocycles. The van der Waals surface area contributed by atoms with Gasteiger partial charge in [0.1, 0.15) is 30.5 Å². The minimum absolute atomic E-state index is 0.257. The van der Waals surface area contributed by atoms with E-state index in [-0.39, 0.29) is 25.4 Å². The summed E-state index contributed by atoms with van der Waals surface area (Å²) in [4.78, 5) is 12.6. The molecule has 0 spiro atoms. The van der Waals surface area contributed by atoms with Crippen LogP contribution in [0.25, 0.3) is 0 Å². The van der Waals surface area contributed by atoms with Gasteiger partial charge in [-0.05, 0) is 12.8 Å². The maximum Gasteiger partial charge on any atom is 0.220 e. The van der Waals surface area contributed by atoms with Crippen LogP contribution in [0.2, 0.25) is 0 Å². The van der Waals surface area contributed by atoms with Gasteiger partial charge in [-0.1, -0.05) is 136 Å². The van der Waals surface area contributed by atoms with E-state index in [2.05, 4.69) is 12.2 Å². The van der Waals surface area contributed by atoms with Gasteiger partial charge in [0.2, 0.25) is 5.91 Å². The third-order valence-electron chi connectivity index (χ3n) is 9.12. The lowest BCUT2D eigenvalue weighted by Gasteiger charge is -2.40. The third kappa shape index (κ3) is 18.9. The topological polar surface area (TPSA) is 169 Å². The van der Waals surface area contributed by atoms with Gasteiger partial charge in [-0.3, -0.25) is 4.79 Å². The molecule has 1 saturated heterocycles. The van der Waals surface area contributed by atoms with Gasteiger partial charge in [-0.25, -0.2) is 0 Å². The lowest BCUT2D eigenvalue weighted by molar-refractivity contribution is -0.303. The molecule has 0 aromatic heterocycles. The molecule has 268 valence electrons. The van der Waals surface area contributed by atoms with E-state index < -0.39 is 55.6 Å². The average molecular weight is 648 g/mol. The van der Waals surface area contributed by atoms with Gasteiger partial charge < -0.3 is 45.4 Å². The first-order chi connectivity index (χ1) is 21.8. The molecule has 0 aliphatic carbocycles. The highest BCUT2D eigenvalue weighted by atomic mass is 16.7. The van der Waals surface area contributed by atoms with Crippen LogP contribution in [0.15, 0.2) is 0 Å². The summed E-state index contributed by atoms with van der Waals surface area (Å²) in [5.74, 6) is -0.276. The summed E-state index contributed by atoms with van der Waals surface area (Å²) < 4.78 is 10.9. The summed E-state index contributed by atoms with van der Waals surface area (Å²) in [5.41, 5.74) is 0. The number of aliphatic hydroxyl groups excluding tert-OH is 6. The summed E-state index contributed by atoms with van der Waals surface area (Å²) in [6, 6.07) is -0.982. The van der Waals surface area contributed by atoms with Crippen LogP contribution in [0, 0.1) is 0 Å². The van der Waals surface area contributed by atoms with Crippen molar-refractivity contribution in [3.63, 3.8) is 0 Å². The number of amides is 1. The monoisotopic (exact) mass is 647 g/mol. The Hall–Kier alpha value is -0.850. The second kappa shape index (κ2) is 27.1. The van der Waals surface area contributed by atoms with Gasteiger partial charge in [0.05, 0.1) is 25.4 Å². The number of unbranched alkanes of at least 4 members (excludes halogenated alkanes) is 19. The normalized spacial score (nSPS) is 24.0. The van der Waals surface area contributed by atoms with Crippen LogP contribution in [0.5, 0.6) is 0 Å². The molecule has 1 fully saturated rings. The molecular weight excluding hydrogens is 578 g/mol. The lowest BCUT2D eigenvalue weighted by Crippen LogP contribution is -2.60. The van der Waals surface area contributed by atoms with Crippen molar-refractivity contribution in [1.29, 1.82) is 0 Å².